The first kappa shape index (κ1) is 14.8. The fraction of sp³-hybridized carbons (Fsp3) is 0.933. The average molecular weight is 269 g/mol. The number of hydrogen-bond donors (Lipinski definition) is 0. The van der Waals surface area contributed by atoms with Crippen molar-refractivity contribution in [3.05, 3.63) is 0 Å². The molecule has 19 heavy (non-hydrogen) atoms. The molecule has 1 unspecified atom stereocenters. The molecule has 1 amide bonds. The van der Waals surface area contributed by atoms with Crippen LogP contribution in [0.2, 0.25) is 0 Å². The highest BCUT2D eigenvalue weighted by Crippen LogP contribution is 2.18. The molecule has 2 fully saturated rings. The lowest BCUT2D eigenvalue weighted by molar-refractivity contribution is -0.135. The maximum absolute atomic E-state index is 11.9. The Morgan fingerprint density at radius 2 is 2.05 bits per heavy atom. The number of ether oxygens (including phenoxy) is 2. The van der Waals surface area contributed by atoms with Crippen LogP contribution < -0.4 is 0 Å². The van der Waals surface area contributed by atoms with Crippen LogP contribution in [0.1, 0.15) is 46.0 Å². The van der Waals surface area contributed by atoms with Crippen LogP contribution in [0.5, 0.6) is 0 Å². The Bertz CT molecular complexity index is 279. The van der Waals surface area contributed by atoms with Gasteiger partial charge in [0.1, 0.15) is 0 Å². The van der Waals surface area contributed by atoms with E-state index in [0.717, 1.165) is 52.0 Å². The molecule has 0 saturated carbocycles. The van der Waals surface area contributed by atoms with Gasteiger partial charge in [-0.2, -0.15) is 0 Å². The minimum Gasteiger partial charge on any atom is -0.376 e. The molecule has 0 radical (unpaired) electrons. The number of likely N-dealkylation sites (tertiary alicyclic amines) is 1. The van der Waals surface area contributed by atoms with Gasteiger partial charge in [-0.15, -0.1) is 0 Å². The monoisotopic (exact) mass is 269 g/mol. The Morgan fingerprint density at radius 1 is 1.32 bits per heavy atom. The van der Waals surface area contributed by atoms with Gasteiger partial charge in [-0.1, -0.05) is 13.8 Å². The fourth-order valence-corrected chi connectivity index (χ4v) is 2.77. The van der Waals surface area contributed by atoms with Crippen molar-refractivity contribution in [3.8, 4) is 0 Å². The van der Waals surface area contributed by atoms with Crippen molar-refractivity contribution >= 4 is 5.91 Å². The summed E-state index contributed by atoms with van der Waals surface area (Å²) < 4.78 is 11.5. The van der Waals surface area contributed by atoms with E-state index in [1.807, 2.05) is 4.90 Å². The quantitative estimate of drug-likeness (QED) is 0.768. The summed E-state index contributed by atoms with van der Waals surface area (Å²) >= 11 is 0. The first-order valence-electron chi connectivity index (χ1n) is 7.66. The van der Waals surface area contributed by atoms with Crippen molar-refractivity contribution in [1.29, 1.82) is 0 Å². The van der Waals surface area contributed by atoms with Crippen molar-refractivity contribution < 1.29 is 14.3 Å². The second-order valence-corrected chi connectivity index (χ2v) is 6.15. The minimum absolute atomic E-state index is 0.299. The predicted molar refractivity (Wildman–Crippen MR) is 74.0 cm³/mol. The summed E-state index contributed by atoms with van der Waals surface area (Å²) in [6.45, 7) is 7.50. The van der Waals surface area contributed by atoms with Crippen molar-refractivity contribution in [1.82, 2.24) is 4.90 Å². The maximum Gasteiger partial charge on any atom is 0.222 e. The normalized spacial score (nSPS) is 25.2. The minimum atomic E-state index is 0.299. The molecule has 4 heteroatoms. The number of rotatable bonds is 5. The molecule has 2 saturated heterocycles. The van der Waals surface area contributed by atoms with Gasteiger partial charge in [-0.25, -0.2) is 0 Å². The fourth-order valence-electron chi connectivity index (χ4n) is 2.77. The summed E-state index contributed by atoms with van der Waals surface area (Å²) in [7, 11) is 0. The van der Waals surface area contributed by atoms with Crippen molar-refractivity contribution in [3.63, 3.8) is 0 Å². The molecule has 0 aromatic carbocycles. The van der Waals surface area contributed by atoms with E-state index in [-0.39, 0.29) is 0 Å². The molecule has 0 spiro atoms. The topological polar surface area (TPSA) is 38.8 Å². The third-order valence-corrected chi connectivity index (χ3v) is 3.92. The first-order valence-corrected chi connectivity index (χ1v) is 7.66. The van der Waals surface area contributed by atoms with Crippen LogP contribution in [0.15, 0.2) is 0 Å². The first-order chi connectivity index (χ1) is 9.15. The van der Waals surface area contributed by atoms with Gasteiger partial charge in [0.05, 0.1) is 18.8 Å². The SMILES string of the molecule is CC(C)CC(=O)N1CCC(OCC2CCCO2)CC1. The molecule has 4 nitrogen and oxygen atoms in total. The predicted octanol–water partition coefficient (Wildman–Crippen LogP) is 2.22. The van der Waals surface area contributed by atoms with E-state index in [1.165, 1.54) is 0 Å². The Labute approximate surface area is 116 Å². The van der Waals surface area contributed by atoms with Crippen LogP contribution in [0.25, 0.3) is 0 Å². The Hall–Kier alpha value is -0.610. The Morgan fingerprint density at radius 3 is 2.63 bits per heavy atom. The van der Waals surface area contributed by atoms with Crippen LogP contribution in [0.4, 0.5) is 0 Å². The van der Waals surface area contributed by atoms with Gasteiger partial charge in [0, 0.05) is 26.1 Å². The molecule has 0 bridgehead atoms. The highest BCUT2D eigenvalue weighted by molar-refractivity contribution is 5.76. The van der Waals surface area contributed by atoms with Crippen LogP contribution >= 0.6 is 0 Å². The van der Waals surface area contributed by atoms with Gasteiger partial charge < -0.3 is 14.4 Å². The van der Waals surface area contributed by atoms with Gasteiger partial charge in [0.2, 0.25) is 5.91 Å². The Kier molecular flexibility index (Phi) is 5.64. The van der Waals surface area contributed by atoms with E-state index in [0.29, 0.717) is 30.5 Å². The number of piperidine rings is 1. The highest BCUT2D eigenvalue weighted by atomic mass is 16.5. The number of hydrogen-bond acceptors (Lipinski definition) is 3. The smallest absolute Gasteiger partial charge is 0.222 e. The number of carbonyl (C=O) groups excluding carboxylic acids is 1. The van der Waals surface area contributed by atoms with Gasteiger partial charge in [-0.3, -0.25) is 4.79 Å². The third kappa shape index (κ3) is 4.77. The van der Waals surface area contributed by atoms with Gasteiger partial charge in [0.15, 0.2) is 0 Å². The summed E-state index contributed by atoms with van der Waals surface area (Å²) in [5.74, 6) is 0.744. The van der Waals surface area contributed by atoms with E-state index in [9.17, 15) is 4.79 Å². The molecule has 2 aliphatic heterocycles. The summed E-state index contributed by atoms with van der Waals surface area (Å²) in [6, 6.07) is 0. The standard InChI is InChI=1S/C15H27NO3/c1-12(2)10-15(17)16-7-5-13(6-8-16)19-11-14-4-3-9-18-14/h12-14H,3-11H2,1-2H3. The zero-order valence-electron chi connectivity index (χ0n) is 12.3. The lowest BCUT2D eigenvalue weighted by Gasteiger charge is -2.32. The van der Waals surface area contributed by atoms with E-state index >= 15 is 0 Å². The summed E-state index contributed by atoms with van der Waals surface area (Å²) in [5, 5.41) is 0. The van der Waals surface area contributed by atoms with Crippen molar-refractivity contribution in [2.75, 3.05) is 26.3 Å². The molecule has 2 aliphatic rings. The third-order valence-electron chi connectivity index (χ3n) is 3.92. The second-order valence-electron chi connectivity index (χ2n) is 6.15. The molecular formula is C15H27NO3. The van der Waals surface area contributed by atoms with Crippen molar-refractivity contribution in [2.24, 2.45) is 5.92 Å². The van der Waals surface area contributed by atoms with E-state index in [1.54, 1.807) is 0 Å². The number of carbonyl (C=O) groups is 1. The molecule has 1 atom stereocenters. The molecule has 0 aromatic rings. The summed E-state index contributed by atoms with van der Waals surface area (Å²) in [4.78, 5) is 13.9. The van der Waals surface area contributed by atoms with E-state index in [2.05, 4.69) is 13.8 Å². The van der Waals surface area contributed by atoms with Crippen LogP contribution in [-0.4, -0.2) is 49.3 Å². The zero-order chi connectivity index (χ0) is 13.7. The lowest BCUT2D eigenvalue weighted by atomic mass is 10.0. The molecule has 0 aliphatic carbocycles. The van der Waals surface area contributed by atoms with Gasteiger partial charge in [0.25, 0.3) is 0 Å². The van der Waals surface area contributed by atoms with E-state index < -0.39 is 0 Å². The molecule has 2 heterocycles. The zero-order valence-corrected chi connectivity index (χ0v) is 12.3. The second kappa shape index (κ2) is 7.25. The van der Waals surface area contributed by atoms with Gasteiger partial charge >= 0.3 is 0 Å². The maximum atomic E-state index is 11.9. The van der Waals surface area contributed by atoms with Crippen LogP contribution in [0.3, 0.4) is 0 Å². The van der Waals surface area contributed by atoms with E-state index in [4.69, 9.17) is 9.47 Å². The van der Waals surface area contributed by atoms with Crippen LogP contribution in [-0.2, 0) is 14.3 Å². The molecule has 0 aromatic heterocycles. The number of amides is 1. The molecule has 0 N–H and O–H groups in total. The van der Waals surface area contributed by atoms with Gasteiger partial charge in [-0.05, 0) is 31.6 Å². The molecule has 2 rings (SSSR count). The summed E-state index contributed by atoms with van der Waals surface area (Å²) in [6.07, 6.45) is 5.52. The summed E-state index contributed by atoms with van der Waals surface area (Å²) in [5.41, 5.74) is 0. The highest BCUT2D eigenvalue weighted by Gasteiger charge is 2.25. The van der Waals surface area contributed by atoms with Crippen LogP contribution in [0, 0.1) is 5.92 Å². The average Bonchev–Trinajstić information content (AvgIpc) is 2.89. The largest absolute Gasteiger partial charge is 0.376 e. The Balaban J connectivity index is 1.63. The van der Waals surface area contributed by atoms with Crippen molar-refractivity contribution in [2.45, 2.75) is 58.2 Å². The lowest BCUT2D eigenvalue weighted by Crippen LogP contribution is -2.41. The molecular weight excluding hydrogens is 242 g/mol. The number of nitrogens with zero attached hydrogens (tertiary/aromatic N) is 1. The molecule has 110 valence electrons.